The quantitative estimate of drug-likeness (QED) is 0.653. The van der Waals surface area contributed by atoms with E-state index < -0.39 is 12.3 Å². The van der Waals surface area contributed by atoms with Crippen LogP contribution in [-0.4, -0.2) is 23.8 Å². The number of halogens is 3. The first-order valence-corrected chi connectivity index (χ1v) is 9.78. The molecule has 0 spiro atoms. The van der Waals surface area contributed by atoms with E-state index in [1.807, 2.05) is 18.2 Å². The second-order valence-electron chi connectivity index (χ2n) is 7.22. The summed E-state index contributed by atoms with van der Waals surface area (Å²) in [5.74, 6) is 0.115. The van der Waals surface area contributed by atoms with E-state index in [2.05, 4.69) is 38.1 Å². The summed E-state index contributed by atoms with van der Waals surface area (Å²) in [7, 11) is 0. The number of nitrogens with zero attached hydrogens (tertiary/aromatic N) is 2. The number of benzene rings is 2. The maximum atomic E-state index is 12.2. The molecule has 0 bridgehead atoms. The molecule has 0 unspecified atom stereocenters. The van der Waals surface area contributed by atoms with Gasteiger partial charge in [-0.25, -0.2) is 4.98 Å². The molecule has 2 aromatic carbocycles. The highest BCUT2D eigenvalue weighted by atomic mass is 19.4. The fraction of sp³-hybridized carbons (Fsp3) is 0.217. The number of carbonyl (C=O) groups excluding carboxylic acids is 1. The molecule has 4 rings (SSSR count). The van der Waals surface area contributed by atoms with Crippen molar-refractivity contribution in [3.8, 4) is 5.75 Å². The lowest BCUT2D eigenvalue weighted by Gasteiger charge is -2.29. The van der Waals surface area contributed by atoms with Crippen molar-refractivity contribution in [3.63, 3.8) is 0 Å². The number of fused-ring (bicyclic) bond motifs is 1. The van der Waals surface area contributed by atoms with Gasteiger partial charge in [0.2, 0.25) is 0 Å². The van der Waals surface area contributed by atoms with Crippen LogP contribution in [0.5, 0.6) is 5.75 Å². The average molecular weight is 427 g/mol. The Kier molecular flexibility index (Phi) is 5.79. The van der Waals surface area contributed by atoms with E-state index in [4.69, 9.17) is 0 Å². The second-order valence-corrected chi connectivity index (χ2v) is 7.22. The average Bonchev–Trinajstić information content (AvgIpc) is 2.77. The number of alkyl halides is 3. The van der Waals surface area contributed by atoms with Crippen LogP contribution < -0.4 is 15.0 Å². The molecule has 8 heteroatoms. The number of anilines is 1. The summed E-state index contributed by atoms with van der Waals surface area (Å²) < 4.78 is 40.4. The molecule has 1 aromatic heterocycles. The second kappa shape index (κ2) is 8.67. The molecule has 0 atom stereocenters. The molecule has 1 N–H and O–H groups in total. The molecule has 0 aliphatic carbocycles. The summed E-state index contributed by atoms with van der Waals surface area (Å²) in [5, 5.41) is 2.74. The molecule has 3 aromatic rings. The molecular weight excluding hydrogens is 407 g/mol. The van der Waals surface area contributed by atoms with Crippen molar-refractivity contribution in [2.24, 2.45) is 0 Å². The van der Waals surface area contributed by atoms with Crippen LogP contribution in [0.4, 0.5) is 19.0 Å². The minimum atomic E-state index is -4.76. The Morgan fingerprint density at radius 1 is 1.03 bits per heavy atom. The first-order valence-electron chi connectivity index (χ1n) is 9.78. The highest BCUT2D eigenvalue weighted by Crippen LogP contribution is 2.24. The molecule has 0 fully saturated rings. The number of carbonyl (C=O) groups is 1. The fourth-order valence-electron chi connectivity index (χ4n) is 3.49. The molecule has 31 heavy (non-hydrogen) atoms. The summed E-state index contributed by atoms with van der Waals surface area (Å²) in [6.45, 7) is 1.97. The van der Waals surface area contributed by atoms with Crippen molar-refractivity contribution in [1.29, 1.82) is 0 Å². The third kappa shape index (κ3) is 5.33. The highest BCUT2D eigenvalue weighted by Gasteiger charge is 2.31. The van der Waals surface area contributed by atoms with E-state index in [9.17, 15) is 18.0 Å². The minimum Gasteiger partial charge on any atom is -0.406 e. The standard InChI is InChI=1S/C23H20F3N3O2/c24-23(25,26)31-20-8-6-18(7-9-20)22(30)28-14-16-5-10-21(27-13-16)29-12-11-17-3-1-2-4-19(17)15-29/h1-10,13H,11-12,14-15H2,(H,28,30). The largest absolute Gasteiger partial charge is 0.573 e. The lowest BCUT2D eigenvalue weighted by atomic mass is 10.00. The topological polar surface area (TPSA) is 54.5 Å². The van der Waals surface area contributed by atoms with Gasteiger partial charge in [0.25, 0.3) is 5.91 Å². The Hall–Kier alpha value is -3.55. The van der Waals surface area contributed by atoms with Crippen molar-refractivity contribution < 1.29 is 22.7 Å². The minimum absolute atomic E-state index is 0.242. The van der Waals surface area contributed by atoms with Gasteiger partial charge in [0.15, 0.2) is 0 Å². The van der Waals surface area contributed by atoms with E-state index in [0.717, 1.165) is 43.0 Å². The van der Waals surface area contributed by atoms with Crippen LogP contribution in [0.15, 0.2) is 66.9 Å². The number of pyridine rings is 1. The van der Waals surface area contributed by atoms with Crippen LogP contribution in [-0.2, 0) is 19.5 Å². The Morgan fingerprint density at radius 3 is 2.45 bits per heavy atom. The molecule has 160 valence electrons. The van der Waals surface area contributed by atoms with E-state index >= 15 is 0 Å². The Labute approximate surface area is 177 Å². The van der Waals surface area contributed by atoms with Crippen LogP contribution in [0, 0.1) is 0 Å². The summed E-state index contributed by atoms with van der Waals surface area (Å²) in [4.78, 5) is 19.0. The van der Waals surface area contributed by atoms with Gasteiger partial charge in [-0.05, 0) is 53.4 Å². The molecule has 0 saturated carbocycles. The number of rotatable bonds is 5. The maximum Gasteiger partial charge on any atom is 0.573 e. The predicted octanol–water partition coefficient (Wildman–Crippen LogP) is 4.47. The molecule has 0 radical (unpaired) electrons. The zero-order chi connectivity index (χ0) is 21.8. The van der Waals surface area contributed by atoms with Gasteiger partial charge >= 0.3 is 6.36 Å². The van der Waals surface area contributed by atoms with Gasteiger partial charge in [-0.1, -0.05) is 30.3 Å². The Morgan fingerprint density at radius 2 is 1.77 bits per heavy atom. The van der Waals surface area contributed by atoms with Crippen LogP contribution >= 0.6 is 0 Å². The molecular formula is C23H20F3N3O2. The predicted molar refractivity (Wildman–Crippen MR) is 110 cm³/mol. The van der Waals surface area contributed by atoms with E-state index in [-0.39, 0.29) is 17.9 Å². The molecule has 1 amide bonds. The van der Waals surface area contributed by atoms with Crippen LogP contribution in [0.25, 0.3) is 0 Å². The van der Waals surface area contributed by atoms with Crippen LogP contribution in [0.3, 0.4) is 0 Å². The summed E-state index contributed by atoms with van der Waals surface area (Å²) in [5.41, 5.74) is 3.74. The lowest BCUT2D eigenvalue weighted by Crippen LogP contribution is -2.31. The summed E-state index contributed by atoms with van der Waals surface area (Å²) in [6, 6.07) is 17.0. The number of amides is 1. The van der Waals surface area contributed by atoms with Crippen molar-refractivity contribution in [2.45, 2.75) is 25.9 Å². The smallest absolute Gasteiger partial charge is 0.406 e. The normalized spacial score (nSPS) is 13.5. The van der Waals surface area contributed by atoms with Crippen molar-refractivity contribution in [1.82, 2.24) is 10.3 Å². The van der Waals surface area contributed by atoms with E-state index in [1.54, 1.807) is 6.20 Å². The molecule has 1 aliphatic rings. The first kappa shape index (κ1) is 20.7. The van der Waals surface area contributed by atoms with Crippen molar-refractivity contribution in [3.05, 3.63) is 89.1 Å². The van der Waals surface area contributed by atoms with Gasteiger partial charge in [-0.2, -0.15) is 0 Å². The highest BCUT2D eigenvalue weighted by molar-refractivity contribution is 5.94. The van der Waals surface area contributed by atoms with Crippen molar-refractivity contribution in [2.75, 3.05) is 11.4 Å². The zero-order valence-corrected chi connectivity index (χ0v) is 16.5. The van der Waals surface area contributed by atoms with E-state index in [0.29, 0.717) is 0 Å². The third-order valence-electron chi connectivity index (χ3n) is 5.07. The monoisotopic (exact) mass is 427 g/mol. The number of hydrogen-bond acceptors (Lipinski definition) is 4. The van der Waals surface area contributed by atoms with Gasteiger partial charge in [0.05, 0.1) is 0 Å². The first-order chi connectivity index (χ1) is 14.9. The number of aromatic nitrogens is 1. The van der Waals surface area contributed by atoms with Gasteiger partial charge in [-0.15, -0.1) is 13.2 Å². The third-order valence-corrected chi connectivity index (χ3v) is 5.07. The molecule has 2 heterocycles. The number of nitrogens with one attached hydrogen (secondary N) is 1. The number of hydrogen-bond donors (Lipinski definition) is 1. The van der Waals surface area contributed by atoms with Gasteiger partial charge in [0.1, 0.15) is 11.6 Å². The SMILES string of the molecule is O=C(NCc1ccc(N2CCc3ccccc3C2)nc1)c1ccc(OC(F)(F)F)cc1. The van der Waals surface area contributed by atoms with Crippen molar-refractivity contribution >= 4 is 11.7 Å². The van der Waals surface area contributed by atoms with Gasteiger partial charge in [0, 0.05) is 31.4 Å². The van der Waals surface area contributed by atoms with Crippen LogP contribution in [0.1, 0.15) is 27.0 Å². The Bertz CT molecular complexity index is 1050. The van der Waals surface area contributed by atoms with Gasteiger partial charge in [-0.3, -0.25) is 4.79 Å². The summed E-state index contributed by atoms with van der Waals surface area (Å²) >= 11 is 0. The Balaban J connectivity index is 1.32. The fourth-order valence-corrected chi connectivity index (χ4v) is 3.49. The molecule has 0 saturated heterocycles. The molecule has 5 nitrogen and oxygen atoms in total. The summed E-state index contributed by atoms with van der Waals surface area (Å²) in [6.07, 6.45) is -2.07. The van der Waals surface area contributed by atoms with Crippen LogP contribution in [0.2, 0.25) is 0 Å². The lowest BCUT2D eigenvalue weighted by molar-refractivity contribution is -0.274. The number of ether oxygens (including phenoxy) is 1. The van der Waals surface area contributed by atoms with Gasteiger partial charge < -0.3 is 15.0 Å². The van der Waals surface area contributed by atoms with E-state index in [1.165, 1.54) is 23.3 Å². The maximum absolute atomic E-state index is 12.2. The molecule has 1 aliphatic heterocycles. The zero-order valence-electron chi connectivity index (χ0n) is 16.5.